The summed E-state index contributed by atoms with van der Waals surface area (Å²) in [6, 6.07) is 2.90. The van der Waals surface area contributed by atoms with Crippen molar-refractivity contribution >= 4 is 17.5 Å². The van der Waals surface area contributed by atoms with E-state index < -0.39 is 23.0 Å². The minimum Gasteiger partial charge on any atom is -0.355 e. The summed E-state index contributed by atoms with van der Waals surface area (Å²) >= 11 is 0. The van der Waals surface area contributed by atoms with Crippen LogP contribution in [0.5, 0.6) is 0 Å². The van der Waals surface area contributed by atoms with Gasteiger partial charge >= 0.3 is 0 Å². The Bertz CT molecular complexity index is 571. The molecule has 120 valence electrons. The Morgan fingerprint density at radius 3 is 2.50 bits per heavy atom. The Morgan fingerprint density at radius 1 is 1.18 bits per heavy atom. The predicted molar refractivity (Wildman–Crippen MR) is 79.2 cm³/mol. The van der Waals surface area contributed by atoms with Crippen LogP contribution in [-0.2, 0) is 9.59 Å². The molecule has 0 unspecified atom stereocenters. The molecule has 0 aliphatic heterocycles. The highest BCUT2D eigenvalue weighted by Gasteiger charge is 2.56. The van der Waals surface area contributed by atoms with Crippen LogP contribution in [0.25, 0.3) is 0 Å². The Kier molecular flexibility index (Phi) is 5.11. The van der Waals surface area contributed by atoms with E-state index in [-0.39, 0.29) is 11.6 Å². The second-order valence-electron chi connectivity index (χ2n) is 5.62. The Morgan fingerprint density at radius 2 is 1.91 bits per heavy atom. The highest BCUT2D eigenvalue weighted by molar-refractivity contribution is 6.13. The van der Waals surface area contributed by atoms with E-state index in [9.17, 15) is 18.4 Å². The Balaban J connectivity index is 1.95. The highest BCUT2D eigenvalue weighted by Crippen LogP contribution is 2.46. The second-order valence-corrected chi connectivity index (χ2v) is 5.62. The molecule has 1 aromatic carbocycles. The van der Waals surface area contributed by atoms with Gasteiger partial charge in [-0.1, -0.05) is 19.8 Å². The monoisotopic (exact) mass is 310 g/mol. The number of carbonyl (C=O) groups excluding carboxylic acids is 2. The number of rotatable bonds is 7. The zero-order chi connectivity index (χ0) is 16.2. The maximum atomic E-state index is 13.6. The number of hydrogen-bond acceptors (Lipinski definition) is 2. The molecule has 0 bridgehead atoms. The third kappa shape index (κ3) is 3.61. The van der Waals surface area contributed by atoms with Gasteiger partial charge in [0, 0.05) is 12.6 Å². The molecular formula is C16H20F2N2O2. The van der Waals surface area contributed by atoms with E-state index in [1.807, 2.05) is 0 Å². The van der Waals surface area contributed by atoms with Crippen LogP contribution in [0.3, 0.4) is 0 Å². The molecule has 0 heterocycles. The lowest BCUT2D eigenvalue weighted by Crippen LogP contribution is -2.40. The van der Waals surface area contributed by atoms with Gasteiger partial charge in [-0.15, -0.1) is 0 Å². The number of amides is 2. The van der Waals surface area contributed by atoms with Crippen LogP contribution >= 0.6 is 0 Å². The smallest absolute Gasteiger partial charge is 0.240 e. The van der Waals surface area contributed by atoms with Crippen molar-refractivity contribution in [1.29, 1.82) is 0 Å². The molecule has 22 heavy (non-hydrogen) atoms. The van der Waals surface area contributed by atoms with E-state index in [4.69, 9.17) is 0 Å². The maximum Gasteiger partial charge on any atom is 0.240 e. The molecular weight excluding hydrogens is 290 g/mol. The van der Waals surface area contributed by atoms with Crippen molar-refractivity contribution in [3.63, 3.8) is 0 Å². The lowest BCUT2D eigenvalue weighted by Gasteiger charge is -2.15. The molecule has 0 aromatic heterocycles. The topological polar surface area (TPSA) is 58.2 Å². The number of nitrogens with one attached hydrogen (secondary N) is 2. The molecule has 1 aliphatic carbocycles. The minimum atomic E-state index is -1.10. The zero-order valence-corrected chi connectivity index (χ0v) is 12.5. The van der Waals surface area contributed by atoms with Gasteiger partial charge in [0.05, 0.1) is 5.69 Å². The van der Waals surface area contributed by atoms with Crippen LogP contribution in [0.2, 0.25) is 0 Å². The van der Waals surface area contributed by atoms with Gasteiger partial charge in [-0.05, 0) is 31.4 Å². The fraction of sp³-hybridized carbons (Fsp3) is 0.500. The first-order valence-corrected chi connectivity index (χ1v) is 7.54. The Hall–Kier alpha value is -1.98. The summed E-state index contributed by atoms with van der Waals surface area (Å²) in [5, 5.41) is 5.14. The van der Waals surface area contributed by atoms with Crippen molar-refractivity contribution in [3.05, 3.63) is 29.8 Å². The molecule has 0 radical (unpaired) electrons. The van der Waals surface area contributed by atoms with Crippen LogP contribution < -0.4 is 10.6 Å². The normalized spacial score (nSPS) is 15.2. The molecule has 1 saturated carbocycles. The molecule has 1 fully saturated rings. The summed E-state index contributed by atoms with van der Waals surface area (Å²) in [6.07, 6.45) is 3.82. The highest BCUT2D eigenvalue weighted by atomic mass is 19.1. The average Bonchev–Trinajstić information content (AvgIpc) is 3.28. The number of halogens is 2. The van der Waals surface area contributed by atoms with Crippen LogP contribution in [0.4, 0.5) is 14.5 Å². The summed E-state index contributed by atoms with van der Waals surface area (Å²) < 4.78 is 26.4. The van der Waals surface area contributed by atoms with Gasteiger partial charge in [0.1, 0.15) is 17.0 Å². The third-order valence-electron chi connectivity index (χ3n) is 3.86. The molecule has 2 rings (SSSR count). The summed E-state index contributed by atoms with van der Waals surface area (Å²) in [4.78, 5) is 24.4. The predicted octanol–water partition coefficient (Wildman–Crippen LogP) is 2.99. The van der Waals surface area contributed by atoms with E-state index in [2.05, 4.69) is 17.6 Å². The van der Waals surface area contributed by atoms with E-state index in [0.29, 0.717) is 25.5 Å². The van der Waals surface area contributed by atoms with Crippen molar-refractivity contribution in [2.24, 2.45) is 5.41 Å². The number of unbranched alkanes of at least 4 members (excludes halogenated alkanes) is 2. The quantitative estimate of drug-likeness (QED) is 0.601. The summed E-state index contributed by atoms with van der Waals surface area (Å²) in [5.41, 5.74) is -1.22. The lowest BCUT2D eigenvalue weighted by atomic mass is 10.0. The largest absolute Gasteiger partial charge is 0.355 e. The second kappa shape index (κ2) is 6.85. The minimum absolute atomic E-state index is 0.114. The number of carbonyl (C=O) groups is 2. The van der Waals surface area contributed by atoms with Crippen molar-refractivity contribution < 1.29 is 18.4 Å². The summed E-state index contributed by atoms with van der Waals surface area (Å²) in [7, 11) is 0. The summed E-state index contributed by atoms with van der Waals surface area (Å²) in [5.74, 6) is -2.42. The van der Waals surface area contributed by atoms with Gasteiger partial charge < -0.3 is 10.6 Å². The molecule has 1 aromatic rings. The number of anilines is 1. The van der Waals surface area contributed by atoms with Gasteiger partial charge in [0.2, 0.25) is 11.8 Å². The van der Waals surface area contributed by atoms with Crippen LogP contribution in [0, 0.1) is 17.0 Å². The van der Waals surface area contributed by atoms with Gasteiger partial charge in [-0.3, -0.25) is 9.59 Å². The van der Waals surface area contributed by atoms with E-state index in [1.165, 1.54) is 0 Å². The first kappa shape index (κ1) is 16.4. The fourth-order valence-corrected chi connectivity index (χ4v) is 2.26. The van der Waals surface area contributed by atoms with Crippen molar-refractivity contribution in [1.82, 2.24) is 5.32 Å². The Labute approximate surface area is 128 Å². The lowest BCUT2D eigenvalue weighted by molar-refractivity contribution is -0.134. The summed E-state index contributed by atoms with van der Waals surface area (Å²) in [6.45, 7) is 2.60. The number of hydrogen-bond donors (Lipinski definition) is 2. The van der Waals surface area contributed by atoms with Gasteiger partial charge in [0.25, 0.3) is 0 Å². The van der Waals surface area contributed by atoms with E-state index >= 15 is 0 Å². The first-order valence-electron chi connectivity index (χ1n) is 7.54. The average molecular weight is 310 g/mol. The van der Waals surface area contributed by atoms with E-state index in [1.54, 1.807) is 0 Å². The van der Waals surface area contributed by atoms with Crippen LogP contribution in [-0.4, -0.2) is 18.4 Å². The zero-order valence-electron chi connectivity index (χ0n) is 12.5. The van der Waals surface area contributed by atoms with Crippen LogP contribution in [0.15, 0.2) is 18.2 Å². The van der Waals surface area contributed by atoms with Gasteiger partial charge in [0.15, 0.2) is 0 Å². The molecule has 4 nitrogen and oxygen atoms in total. The molecule has 1 aliphatic rings. The first-order chi connectivity index (χ1) is 10.5. The van der Waals surface area contributed by atoms with Crippen molar-refractivity contribution in [2.45, 2.75) is 39.0 Å². The third-order valence-corrected chi connectivity index (χ3v) is 3.86. The van der Waals surface area contributed by atoms with Crippen LogP contribution in [0.1, 0.15) is 39.0 Å². The molecule has 0 saturated heterocycles. The molecule has 0 atom stereocenters. The maximum absolute atomic E-state index is 13.6. The van der Waals surface area contributed by atoms with Crippen molar-refractivity contribution in [3.8, 4) is 0 Å². The molecule has 2 N–H and O–H groups in total. The van der Waals surface area contributed by atoms with Gasteiger partial charge in [-0.2, -0.15) is 0 Å². The molecule has 0 spiro atoms. The van der Waals surface area contributed by atoms with E-state index in [0.717, 1.165) is 31.4 Å². The molecule has 6 heteroatoms. The number of benzene rings is 1. The molecule has 2 amide bonds. The SMILES string of the molecule is CCCCCNC(=O)C1(C(=O)Nc2ccc(F)cc2F)CC1. The standard InChI is InChI=1S/C16H20F2N2O2/c1-2-3-4-9-19-14(21)16(7-8-16)15(22)20-13-6-5-11(17)10-12(13)18/h5-6,10H,2-4,7-9H2,1H3,(H,19,21)(H,20,22). The van der Waals surface area contributed by atoms with Crippen molar-refractivity contribution in [2.75, 3.05) is 11.9 Å². The fourth-order valence-electron chi connectivity index (χ4n) is 2.26. The van der Waals surface area contributed by atoms with Gasteiger partial charge in [-0.25, -0.2) is 8.78 Å².